The van der Waals surface area contributed by atoms with Gasteiger partial charge in [-0.2, -0.15) is 0 Å². The van der Waals surface area contributed by atoms with Crippen molar-refractivity contribution in [2.75, 3.05) is 0 Å². The summed E-state index contributed by atoms with van der Waals surface area (Å²) in [5, 5.41) is 24.4. The van der Waals surface area contributed by atoms with Crippen LogP contribution in [-0.2, 0) is 6.54 Å². The highest BCUT2D eigenvalue weighted by Crippen LogP contribution is 2.31. The van der Waals surface area contributed by atoms with Gasteiger partial charge >= 0.3 is 5.97 Å². The molecule has 1 heterocycles. The van der Waals surface area contributed by atoms with E-state index in [1.165, 1.54) is 12.1 Å². The van der Waals surface area contributed by atoms with Gasteiger partial charge in [0.1, 0.15) is 0 Å². The molecular weight excluding hydrogens is 518 g/mol. The van der Waals surface area contributed by atoms with Crippen LogP contribution < -0.4 is 5.32 Å². The Kier molecular flexibility index (Phi) is 7.40. The number of hydrogen-bond acceptors (Lipinski definition) is 4. The van der Waals surface area contributed by atoms with Crippen molar-refractivity contribution in [1.29, 1.82) is 0 Å². The number of fused-ring (bicyclic) bond motifs is 1. The Morgan fingerprint density at radius 3 is 2.37 bits per heavy atom. The second-order valence-electron chi connectivity index (χ2n) is 10.1. The van der Waals surface area contributed by atoms with E-state index < -0.39 is 10.9 Å². The Morgan fingerprint density at radius 1 is 0.927 bits per heavy atom. The van der Waals surface area contributed by atoms with E-state index >= 15 is 0 Å². The van der Waals surface area contributed by atoms with Gasteiger partial charge in [0.05, 0.1) is 16.5 Å². The standard InChI is InChI=1S/C33H29N3O5/c1-20-22(3)35(19-27-7-4-5-10-29(27)24-8-6-9-26(17-24)33(38)39)31-16-13-25(18-30(20)31)32(37)34-21(2)23-11-14-28(15-12-23)36(40)41/h4-18,21H,19H2,1-3H3,(H,34,37)(H,38,39)/t21-/m0/s1. The molecule has 0 saturated carbocycles. The van der Waals surface area contributed by atoms with Gasteiger partial charge in [-0.25, -0.2) is 4.79 Å². The highest BCUT2D eigenvalue weighted by Gasteiger charge is 2.18. The number of carbonyl (C=O) groups is 2. The average molecular weight is 548 g/mol. The number of amides is 1. The summed E-state index contributed by atoms with van der Waals surface area (Å²) in [6, 6.07) is 26.4. The molecule has 1 atom stereocenters. The molecule has 0 fully saturated rings. The number of carboxylic acids is 1. The number of benzene rings is 4. The summed E-state index contributed by atoms with van der Waals surface area (Å²) in [6.07, 6.45) is 0. The number of carboxylic acid groups (broad SMARTS) is 1. The summed E-state index contributed by atoms with van der Waals surface area (Å²) < 4.78 is 2.21. The highest BCUT2D eigenvalue weighted by molar-refractivity contribution is 5.99. The lowest BCUT2D eigenvalue weighted by Gasteiger charge is -2.15. The molecule has 0 aliphatic carbocycles. The molecule has 2 N–H and O–H groups in total. The molecule has 1 amide bonds. The lowest BCUT2D eigenvalue weighted by molar-refractivity contribution is -0.384. The number of aryl methyl sites for hydroxylation is 1. The van der Waals surface area contributed by atoms with Crippen molar-refractivity contribution in [3.63, 3.8) is 0 Å². The molecule has 0 bridgehead atoms. The van der Waals surface area contributed by atoms with Crippen LogP contribution in [0.15, 0.2) is 91.0 Å². The second kappa shape index (κ2) is 11.1. The van der Waals surface area contributed by atoms with Gasteiger partial charge in [-0.1, -0.05) is 48.5 Å². The molecule has 4 aromatic carbocycles. The fourth-order valence-corrected chi connectivity index (χ4v) is 5.17. The zero-order chi connectivity index (χ0) is 29.3. The van der Waals surface area contributed by atoms with Crippen molar-refractivity contribution in [3.8, 4) is 11.1 Å². The van der Waals surface area contributed by atoms with Crippen LogP contribution in [0.25, 0.3) is 22.0 Å². The topological polar surface area (TPSA) is 114 Å². The normalized spacial score (nSPS) is 11.8. The molecule has 5 aromatic rings. The third-order valence-corrected chi connectivity index (χ3v) is 7.62. The Bertz CT molecular complexity index is 1800. The van der Waals surface area contributed by atoms with E-state index in [1.807, 2.05) is 56.3 Å². The lowest BCUT2D eigenvalue weighted by Crippen LogP contribution is -2.26. The predicted octanol–water partition coefficient (Wildman–Crippen LogP) is 7.07. The minimum atomic E-state index is -0.964. The average Bonchev–Trinajstić information content (AvgIpc) is 3.21. The van der Waals surface area contributed by atoms with Crippen LogP contribution in [0.5, 0.6) is 0 Å². The largest absolute Gasteiger partial charge is 0.478 e. The first kappa shape index (κ1) is 27.3. The predicted molar refractivity (Wildman–Crippen MR) is 158 cm³/mol. The molecule has 41 heavy (non-hydrogen) atoms. The number of nitrogens with zero attached hydrogens (tertiary/aromatic N) is 2. The van der Waals surface area contributed by atoms with Crippen molar-refractivity contribution in [1.82, 2.24) is 9.88 Å². The van der Waals surface area contributed by atoms with Crippen LogP contribution in [-0.4, -0.2) is 26.5 Å². The van der Waals surface area contributed by atoms with Crippen molar-refractivity contribution in [3.05, 3.63) is 135 Å². The Labute approximate surface area is 237 Å². The van der Waals surface area contributed by atoms with Crippen molar-refractivity contribution in [2.24, 2.45) is 0 Å². The molecule has 1 aromatic heterocycles. The number of nitro benzene ring substituents is 1. The van der Waals surface area contributed by atoms with Crippen LogP contribution >= 0.6 is 0 Å². The molecule has 8 heteroatoms. The summed E-state index contributed by atoms with van der Waals surface area (Å²) >= 11 is 0. The van der Waals surface area contributed by atoms with E-state index in [-0.39, 0.29) is 23.2 Å². The smallest absolute Gasteiger partial charge is 0.335 e. The summed E-state index contributed by atoms with van der Waals surface area (Å²) in [4.78, 5) is 35.2. The molecule has 0 spiro atoms. The van der Waals surface area contributed by atoms with Gasteiger partial charge in [0, 0.05) is 40.8 Å². The summed E-state index contributed by atoms with van der Waals surface area (Å²) in [5.41, 5.74) is 7.54. The summed E-state index contributed by atoms with van der Waals surface area (Å²) in [7, 11) is 0. The maximum Gasteiger partial charge on any atom is 0.335 e. The third kappa shape index (κ3) is 5.45. The molecule has 206 valence electrons. The van der Waals surface area contributed by atoms with Gasteiger partial charge < -0.3 is 15.0 Å². The molecule has 0 radical (unpaired) electrons. The minimum Gasteiger partial charge on any atom is -0.478 e. The van der Waals surface area contributed by atoms with Crippen LogP contribution in [0.2, 0.25) is 0 Å². The first-order valence-corrected chi connectivity index (χ1v) is 13.2. The number of rotatable bonds is 8. The minimum absolute atomic E-state index is 0.00416. The number of aromatic nitrogens is 1. The molecule has 0 saturated heterocycles. The summed E-state index contributed by atoms with van der Waals surface area (Å²) in [6.45, 7) is 6.51. The highest BCUT2D eigenvalue weighted by atomic mass is 16.6. The molecule has 8 nitrogen and oxygen atoms in total. The maximum atomic E-state index is 13.2. The Morgan fingerprint density at radius 2 is 1.66 bits per heavy atom. The van der Waals surface area contributed by atoms with Gasteiger partial charge in [-0.3, -0.25) is 14.9 Å². The molecular formula is C33H29N3O5. The van der Waals surface area contributed by atoms with Gasteiger partial charge in [0.2, 0.25) is 0 Å². The fraction of sp³-hybridized carbons (Fsp3) is 0.152. The quantitative estimate of drug-likeness (QED) is 0.159. The van der Waals surface area contributed by atoms with E-state index in [9.17, 15) is 24.8 Å². The lowest BCUT2D eigenvalue weighted by atomic mass is 9.98. The number of carbonyl (C=O) groups excluding carboxylic acids is 1. The molecule has 0 aliphatic heterocycles. The molecule has 0 unspecified atom stereocenters. The zero-order valence-corrected chi connectivity index (χ0v) is 22.9. The SMILES string of the molecule is Cc1c(C)n(Cc2ccccc2-c2cccc(C(=O)O)c2)c2ccc(C(=O)N[C@@H](C)c3ccc([N+](=O)[O-])cc3)cc12. The third-order valence-electron chi connectivity index (χ3n) is 7.62. The molecule has 5 rings (SSSR count). The van der Waals surface area contributed by atoms with Gasteiger partial charge in [0.25, 0.3) is 11.6 Å². The van der Waals surface area contributed by atoms with E-state index in [4.69, 9.17) is 0 Å². The number of hydrogen-bond donors (Lipinski definition) is 2. The van der Waals surface area contributed by atoms with Gasteiger partial charge in [-0.15, -0.1) is 0 Å². The van der Waals surface area contributed by atoms with Crippen molar-refractivity contribution in [2.45, 2.75) is 33.4 Å². The second-order valence-corrected chi connectivity index (χ2v) is 10.1. The zero-order valence-electron chi connectivity index (χ0n) is 22.9. The monoisotopic (exact) mass is 547 g/mol. The van der Waals surface area contributed by atoms with E-state index in [0.717, 1.165) is 44.4 Å². The fourth-order valence-electron chi connectivity index (χ4n) is 5.17. The Balaban J connectivity index is 1.43. The first-order chi connectivity index (χ1) is 19.6. The first-order valence-electron chi connectivity index (χ1n) is 13.2. The number of aromatic carboxylic acids is 1. The van der Waals surface area contributed by atoms with Crippen LogP contribution in [0.4, 0.5) is 5.69 Å². The van der Waals surface area contributed by atoms with Crippen LogP contribution in [0.1, 0.15) is 56.1 Å². The van der Waals surface area contributed by atoms with Crippen molar-refractivity contribution < 1.29 is 19.6 Å². The number of nitrogens with one attached hydrogen (secondary N) is 1. The van der Waals surface area contributed by atoms with Gasteiger partial charge in [-0.05, 0) is 78.9 Å². The van der Waals surface area contributed by atoms with Crippen molar-refractivity contribution >= 4 is 28.5 Å². The van der Waals surface area contributed by atoms with Gasteiger partial charge in [0.15, 0.2) is 0 Å². The Hall–Kier alpha value is -5.24. The van der Waals surface area contributed by atoms with E-state index in [0.29, 0.717) is 12.1 Å². The maximum absolute atomic E-state index is 13.2. The number of nitro groups is 1. The van der Waals surface area contributed by atoms with E-state index in [1.54, 1.807) is 36.4 Å². The van der Waals surface area contributed by atoms with E-state index in [2.05, 4.69) is 16.8 Å². The summed E-state index contributed by atoms with van der Waals surface area (Å²) in [5.74, 6) is -1.19. The van der Waals surface area contributed by atoms with Crippen LogP contribution in [0.3, 0.4) is 0 Å². The molecule has 0 aliphatic rings. The van der Waals surface area contributed by atoms with Crippen LogP contribution in [0, 0.1) is 24.0 Å². The number of non-ortho nitro benzene ring substituents is 1.